The molecular formula is C15H17N3O. The Balaban J connectivity index is 2.40. The van der Waals surface area contributed by atoms with E-state index < -0.39 is 0 Å². The second-order valence-electron chi connectivity index (χ2n) is 4.64. The lowest BCUT2D eigenvalue weighted by molar-refractivity contribution is 0.224. The minimum atomic E-state index is 0.0123. The number of anilines is 1. The number of aromatic nitrogens is 1. The zero-order valence-corrected chi connectivity index (χ0v) is 11.1. The molecule has 19 heavy (non-hydrogen) atoms. The van der Waals surface area contributed by atoms with E-state index in [4.69, 9.17) is 10.5 Å². The first-order chi connectivity index (χ1) is 9.11. The summed E-state index contributed by atoms with van der Waals surface area (Å²) in [4.78, 5) is 0. The number of rotatable bonds is 4. The second kappa shape index (κ2) is 5.49. The summed E-state index contributed by atoms with van der Waals surface area (Å²) < 4.78 is 7.53. The van der Waals surface area contributed by atoms with Crippen LogP contribution in [0.1, 0.15) is 25.1 Å². The Hall–Kier alpha value is -2.41. The van der Waals surface area contributed by atoms with Crippen molar-refractivity contribution < 1.29 is 4.74 Å². The van der Waals surface area contributed by atoms with Crippen LogP contribution in [0, 0.1) is 11.3 Å². The standard InChI is InChI=1S/C15H17N3O/c1-11(2)19-15-14(17)8-13(9-16)18(15)10-12-6-4-3-5-7-12/h3-8,11H,10,17H2,1-2H3. The van der Waals surface area contributed by atoms with Gasteiger partial charge in [-0.05, 0) is 19.4 Å². The molecule has 0 aliphatic carbocycles. The lowest BCUT2D eigenvalue weighted by Gasteiger charge is -2.15. The Morgan fingerprint density at radius 1 is 1.32 bits per heavy atom. The Morgan fingerprint density at radius 2 is 2.00 bits per heavy atom. The maximum atomic E-state index is 9.19. The van der Waals surface area contributed by atoms with E-state index in [9.17, 15) is 5.26 Å². The van der Waals surface area contributed by atoms with Crippen LogP contribution in [0.15, 0.2) is 36.4 Å². The molecule has 0 unspecified atom stereocenters. The summed E-state index contributed by atoms with van der Waals surface area (Å²) in [5.74, 6) is 0.565. The van der Waals surface area contributed by atoms with Crippen LogP contribution >= 0.6 is 0 Å². The highest BCUT2D eigenvalue weighted by atomic mass is 16.5. The summed E-state index contributed by atoms with van der Waals surface area (Å²) in [6.45, 7) is 4.44. The number of hydrogen-bond acceptors (Lipinski definition) is 3. The predicted molar refractivity (Wildman–Crippen MR) is 74.9 cm³/mol. The van der Waals surface area contributed by atoms with Crippen molar-refractivity contribution in [3.05, 3.63) is 47.7 Å². The molecule has 2 rings (SSSR count). The highest BCUT2D eigenvalue weighted by molar-refractivity contribution is 5.55. The molecule has 0 fully saturated rings. The quantitative estimate of drug-likeness (QED) is 0.913. The van der Waals surface area contributed by atoms with E-state index in [1.165, 1.54) is 0 Å². The first kappa shape index (κ1) is 13.0. The van der Waals surface area contributed by atoms with Crippen molar-refractivity contribution in [3.63, 3.8) is 0 Å². The highest BCUT2D eigenvalue weighted by Crippen LogP contribution is 2.28. The van der Waals surface area contributed by atoms with Gasteiger partial charge in [0.25, 0.3) is 0 Å². The summed E-state index contributed by atoms with van der Waals surface area (Å²) in [7, 11) is 0. The van der Waals surface area contributed by atoms with Crippen LogP contribution in [-0.2, 0) is 6.54 Å². The minimum Gasteiger partial charge on any atom is -0.475 e. The predicted octanol–water partition coefficient (Wildman–Crippen LogP) is 2.78. The summed E-state index contributed by atoms with van der Waals surface area (Å²) in [6, 6.07) is 13.7. The van der Waals surface area contributed by atoms with Gasteiger partial charge in [0.1, 0.15) is 11.8 Å². The van der Waals surface area contributed by atoms with Crippen molar-refractivity contribution in [2.45, 2.75) is 26.5 Å². The summed E-state index contributed by atoms with van der Waals surface area (Å²) in [5.41, 5.74) is 8.04. The zero-order valence-electron chi connectivity index (χ0n) is 11.1. The molecule has 2 N–H and O–H groups in total. The van der Waals surface area contributed by atoms with Crippen molar-refractivity contribution in [2.75, 3.05) is 5.73 Å². The van der Waals surface area contributed by atoms with Gasteiger partial charge in [-0.25, -0.2) is 0 Å². The van der Waals surface area contributed by atoms with Crippen molar-refractivity contribution in [3.8, 4) is 11.9 Å². The van der Waals surface area contributed by atoms with Gasteiger partial charge in [-0.3, -0.25) is 4.57 Å². The number of nitrogen functional groups attached to an aromatic ring is 1. The molecule has 0 saturated heterocycles. The van der Waals surface area contributed by atoms with E-state index in [1.54, 1.807) is 6.07 Å². The summed E-state index contributed by atoms with van der Waals surface area (Å²) >= 11 is 0. The molecule has 0 aliphatic rings. The van der Waals surface area contributed by atoms with Gasteiger partial charge in [0.15, 0.2) is 0 Å². The maximum Gasteiger partial charge on any atom is 0.219 e. The molecule has 4 heteroatoms. The van der Waals surface area contributed by atoms with E-state index in [1.807, 2.05) is 48.7 Å². The van der Waals surface area contributed by atoms with Crippen LogP contribution in [0.5, 0.6) is 5.88 Å². The van der Waals surface area contributed by atoms with Gasteiger partial charge in [0, 0.05) is 6.07 Å². The molecule has 0 spiro atoms. The number of nitrogens with two attached hydrogens (primary N) is 1. The average Bonchev–Trinajstić information content (AvgIpc) is 2.68. The van der Waals surface area contributed by atoms with Gasteiger partial charge < -0.3 is 10.5 Å². The molecular weight excluding hydrogens is 238 g/mol. The van der Waals surface area contributed by atoms with Crippen LogP contribution in [0.4, 0.5) is 5.69 Å². The van der Waals surface area contributed by atoms with E-state index in [-0.39, 0.29) is 6.10 Å². The van der Waals surface area contributed by atoms with Gasteiger partial charge in [0.2, 0.25) is 5.88 Å². The first-order valence-electron chi connectivity index (χ1n) is 6.21. The molecule has 1 aromatic heterocycles. The largest absolute Gasteiger partial charge is 0.475 e. The fourth-order valence-electron chi connectivity index (χ4n) is 1.92. The summed E-state index contributed by atoms with van der Waals surface area (Å²) in [6.07, 6.45) is 0.0123. The van der Waals surface area contributed by atoms with Crippen molar-refractivity contribution in [1.29, 1.82) is 5.26 Å². The number of nitriles is 1. The molecule has 4 nitrogen and oxygen atoms in total. The topological polar surface area (TPSA) is 64.0 Å². The van der Waals surface area contributed by atoms with Crippen molar-refractivity contribution >= 4 is 5.69 Å². The highest BCUT2D eigenvalue weighted by Gasteiger charge is 2.15. The molecule has 0 saturated carbocycles. The van der Waals surface area contributed by atoms with Gasteiger partial charge in [-0.1, -0.05) is 30.3 Å². The Bertz CT molecular complexity index is 594. The SMILES string of the molecule is CC(C)Oc1c(N)cc(C#N)n1Cc1ccccc1. The van der Waals surface area contributed by atoms with Crippen LogP contribution in [-0.4, -0.2) is 10.7 Å². The Morgan fingerprint density at radius 3 is 2.58 bits per heavy atom. The monoisotopic (exact) mass is 255 g/mol. The van der Waals surface area contributed by atoms with Crippen molar-refractivity contribution in [2.24, 2.45) is 0 Å². The third-order valence-electron chi connectivity index (χ3n) is 2.72. The smallest absolute Gasteiger partial charge is 0.219 e. The van der Waals surface area contributed by atoms with E-state index in [0.29, 0.717) is 23.8 Å². The third kappa shape index (κ3) is 2.89. The average molecular weight is 255 g/mol. The Labute approximate surface area is 113 Å². The minimum absolute atomic E-state index is 0.0123. The van der Waals surface area contributed by atoms with Gasteiger partial charge >= 0.3 is 0 Å². The molecule has 1 aromatic carbocycles. The molecule has 98 valence electrons. The van der Waals surface area contributed by atoms with E-state index in [0.717, 1.165) is 5.56 Å². The summed E-state index contributed by atoms with van der Waals surface area (Å²) in [5, 5.41) is 9.19. The molecule has 0 atom stereocenters. The Kier molecular flexibility index (Phi) is 3.76. The van der Waals surface area contributed by atoms with Gasteiger partial charge in [-0.15, -0.1) is 0 Å². The second-order valence-corrected chi connectivity index (χ2v) is 4.64. The van der Waals surface area contributed by atoms with E-state index in [2.05, 4.69) is 6.07 Å². The van der Waals surface area contributed by atoms with Gasteiger partial charge in [-0.2, -0.15) is 5.26 Å². The third-order valence-corrected chi connectivity index (χ3v) is 2.72. The number of benzene rings is 1. The van der Waals surface area contributed by atoms with Crippen LogP contribution < -0.4 is 10.5 Å². The lowest BCUT2D eigenvalue weighted by atomic mass is 10.2. The van der Waals surface area contributed by atoms with Crippen LogP contribution in [0.25, 0.3) is 0 Å². The number of nitrogens with zero attached hydrogens (tertiary/aromatic N) is 2. The molecule has 1 heterocycles. The van der Waals surface area contributed by atoms with Crippen molar-refractivity contribution in [1.82, 2.24) is 4.57 Å². The fraction of sp³-hybridized carbons (Fsp3) is 0.267. The first-order valence-corrected chi connectivity index (χ1v) is 6.21. The fourth-order valence-corrected chi connectivity index (χ4v) is 1.92. The maximum absolute atomic E-state index is 9.19. The number of hydrogen-bond donors (Lipinski definition) is 1. The molecule has 2 aromatic rings. The van der Waals surface area contributed by atoms with Crippen LogP contribution in [0.3, 0.4) is 0 Å². The lowest BCUT2D eigenvalue weighted by Crippen LogP contribution is -2.12. The number of ether oxygens (including phenoxy) is 1. The molecule has 0 bridgehead atoms. The van der Waals surface area contributed by atoms with E-state index >= 15 is 0 Å². The van der Waals surface area contributed by atoms with Gasteiger partial charge in [0.05, 0.1) is 18.3 Å². The van der Waals surface area contributed by atoms with Crippen LogP contribution in [0.2, 0.25) is 0 Å². The molecule has 0 aliphatic heterocycles. The molecule has 0 radical (unpaired) electrons. The zero-order chi connectivity index (χ0) is 13.8. The molecule has 0 amide bonds. The normalized spacial score (nSPS) is 10.4.